The minimum Gasteiger partial charge on any atom is -0.345 e. The third-order valence-corrected chi connectivity index (χ3v) is 5.94. The Hall–Kier alpha value is -2.72. The third kappa shape index (κ3) is 9.75. The molecule has 0 spiro atoms. The van der Waals surface area contributed by atoms with Crippen molar-refractivity contribution in [1.29, 1.82) is 0 Å². The van der Waals surface area contributed by atoms with Crippen molar-refractivity contribution in [1.82, 2.24) is 10.6 Å². The standard InChI is InChI=1S/C29H40N2O2/c1-4-7-9-23-11-13-25(14-12-23)19-20-28(30-6-3)29(33)31-27(22-32)21-26-17-15-24(16-18-26)10-8-5-2/h4,11-18,22,27-28,30H,1,5-10,19-21H2,2-3H3,(H,31,33). The summed E-state index contributed by atoms with van der Waals surface area (Å²) in [5.41, 5.74) is 4.88. The highest BCUT2D eigenvalue weighted by atomic mass is 16.2. The molecule has 2 unspecified atom stereocenters. The summed E-state index contributed by atoms with van der Waals surface area (Å²) in [7, 11) is 0. The Morgan fingerprint density at radius 2 is 1.48 bits per heavy atom. The highest BCUT2D eigenvalue weighted by Gasteiger charge is 2.20. The first-order valence-electron chi connectivity index (χ1n) is 12.3. The van der Waals surface area contributed by atoms with Crippen LogP contribution >= 0.6 is 0 Å². The maximum atomic E-state index is 12.9. The summed E-state index contributed by atoms with van der Waals surface area (Å²) in [6.07, 6.45) is 10.2. The molecule has 2 aromatic rings. The highest BCUT2D eigenvalue weighted by Crippen LogP contribution is 2.12. The normalized spacial score (nSPS) is 12.7. The van der Waals surface area contributed by atoms with E-state index >= 15 is 0 Å². The number of allylic oxidation sites excluding steroid dienone is 1. The van der Waals surface area contributed by atoms with E-state index < -0.39 is 6.04 Å². The van der Waals surface area contributed by atoms with Gasteiger partial charge in [0.2, 0.25) is 5.91 Å². The molecule has 178 valence electrons. The van der Waals surface area contributed by atoms with Gasteiger partial charge >= 0.3 is 0 Å². The Balaban J connectivity index is 1.89. The van der Waals surface area contributed by atoms with Gasteiger partial charge in [0.15, 0.2) is 0 Å². The molecule has 0 heterocycles. The molecule has 4 nitrogen and oxygen atoms in total. The Kier molecular flexibility index (Phi) is 12.2. The van der Waals surface area contributed by atoms with Crippen molar-refractivity contribution in [2.24, 2.45) is 0 Å². The molecule has 2 atom stereocenters. The van der Waals surface area contributed by atoms with Crippen molar-refractivity contribution in [2.45, 2.75) is 77.3 Å². The number of nitrogens with one attached hydrogen (secondary N) is 2. The Labute approximate surface area is 199 Å². The van der Waals surface area contributed by atoms with E-state index in [9.17, 15) is 9.59 Å². The van der Waals surface area contributed by atoms with Crippen molar-refractivity contribution in [3.63, 3.8) is 0 Å². The monoisotopic (exact) mass is 448 g/mol. The molecule has 2 N–H and O–H groups in total. The predicted octanol–water partition coefficient (Wildman–Crippen LogP) is 4.98. The van der Waals surface area contributed by atoms with E-state index in [2.05, 4.69) is 72.7 Å². The molecule has 33 heavy (non-hydrogen) atoms. The smallest absolute Gasteiger partial charge is 0.237 e. The number of unbranched alkanes of at least 4 members (excludes halogenated alkanes) is 1. The average molecular weight is 449 g/mol. The molecule has 4 heteroatoms. The first kappa shape index (κ1) is 26.5. The van der Waals surface area contributed by atoms with E-state index in [4.69, 9.17) is 0 Å². The van der Waals surface area contributed by atoms with Gasteiger partial charge < -0.3 is 15.4 Å². The number of amides is 1. The van der Waals surface area contributed by atoms with E-state index in [1.807, 2.05) is 13.0 Å². The van der Waals surface area contributed by atoms with Gasteiger partial charge in [-0.05, 0) is 73.7 Å². The second-order valence-corrected chi connectivity index (χ2v) is 8.67. The predicted molar refractivity (Wildman–Crippen MR) is 137 cm³/mol. The van der Waals surface area contributed by atoms with Crippen LogP contribution in [0.5, 0.6) is 0 Å². The van der Waals surface area contributed by atoms with Gasteiger partial charge in [0.05, 0.1) is 12.1 Å². The SMILES string of the molecule is C=CCCc1ccc(CCC(NCC)C(=O)NC(C=O)Cc2ccc(CCCC)cc2)cc1. The number of likely N-dealkylation sites (N-methyl/N-ethyl adjacent to an activating group) is 1. The highest BCUT2D eigenvalue weighted by molar-refractivity contribution is 5.84. The summed E-state index contributed by atoms with van der Waals surface area (Å²) in [5, 5.41) is 6.21. The minimum absolute atomic E-state index is 0.115. The molecule has 0 saturated heterocycles. The number of aldehydes is 1. The fourth-order valence-electron chi connectivity index (χ4n) is 3.92. The topological polar surface area (TPSA) is 58.2 Å². The van der Waals surface area contributed by atoms with Gasteiger partial charge in [-0.3, -0.25) is 4.79 Å². The van der Waals surface area contributed by atoms with Gasteiger partial charge in [0, 0.05) is 0 Å². The van der Waals surface area contributed by atoms with Gasteiger partial charge in [-0.25, -0.2) is 0 Å². The van der Waals surface area contributed by atoms with Crippen LogP contribution in [-0.4, -0.2) is 30.8 Å². The van der Waals surface area contributed by atoms with Crippen LogP contribution in [-0.2, 0) is 35.3 Å². The molecular formula is C29H40N2O2. The maximum absolute atomic E-state index is 12.9. The number of rotatable bonds is 16. The summed E-state index contributed by atoms with van der Waals surface area (Å²) in [4.78, 5) is 24.6. The van der Waals surface area contributed by atoms with Crippen LogP contribution in [0.1, 0.15) is 61.8 Å². The fraction of sp³-hybridized carbons (Fsp3) is 0.448. The number of hydrogen-bond acceptors (Lipinski definition) is 3. The minimum atomic E-state index is -0.524. The summed E-state index contributed by atoms with van der Waals surface area (Å²) in [6.45, 7) is 8.65. The number of benzene rings is 2. The largest absolute Gasteiger partial charge is 0.345 e. The molecule has 0 aliphatic carbocycles. The van der Waals surface area contributed by atoms with Gasteiger partial charge in [-0.2, -0.15) is 0 Å². The number of aryl methyl sites for hydroxylation is 3. The zero-order valence-electron chi connectivity index (χ0n) is 20.3. The lowest BCUT2D eigenvalue weighted by atomic mass is 10.0. The van der Waals surface area contributed by atoms with Crippen LogP contribution in [0, 0.1) is 0 Å². The molecular weight excluding hydrogens is 408 g/mol. The molecule has 2 aromatic carbocycles. The Bertz CT molecular complexity index is 843. The summed E-state index contributed by atoms with van der Waals surface area (Å²) >= 11 is 0. The van der Waals surface area contributed by atoms with Crippen LogP contribution in [0.4, 0.5) is 0 Å². The van der Waals surface area contributed by atoms with E-state index in [0.29, 0.717) is 19.4 Å². The van der Waals surface area contributed by atoms with Crippen molar-refractivity contribution in [3.8, 4) is 0 Å². The molecule has 0 bridgehead atoms. The zero-order valence-corrected chi connectivity index (χ0v) is 20.3. The number of carbonyl (C=O) groups excluding carboxylic acids is 2. The van der Waals surface area contributed by atoms with Crippen LogP contribution < -0.4 is 10.6 Å². The molecule has 0 aliphatic rings. The molecule has 0 saturated carbocycles. The van der Waals surface area contributed by atoms with Crippen LogP contribution in [0.15, 0.2) is 61.2 Å². The van der Waals surface area contributed by atoms with Crippen molar-refractivity contribution >= 4 is 12.2 Å². The lowest BCUT2D eigenvalue weighted by Gasteiger charge is -2.20. The van der Waals surface area contributed by atoms with E-state index in [-0.39, 0.29) is 11.9 Å². The van der Waals surface area contributed by atoms with E-state index in [1.165, 1.54) is 29.5 Å². The van der Waals surface area contributed by atoms with E-state index in [0.717, 1.165) is 37.5 Å². The molecule has 0 fully saturated rings. The number of carbonyl (C=O) groups is 2. The second kappa shape index (κ2) is 15.2. The van der Waals surface area contributed by atoms with Crippen molar-refractivity contribution in [2.75, 3.05) is 6.54 Å². The fourth-order valence-corrected chi connectivity index (χ4v) is 3.92. The Morgan fingerprint density at radius 3 is 2.03 bits per heavy atom. The maximum Gasteiger partial charge on any atom is 0.237 e. The Morgan fingerprint density at radius 1 is 0.909 bits per heavy atom. The summed E-state index contributed by atoms with van der Waals surface area (Å²) < 4.78 is 0. The van der Waals surface area contributed by atoms with Gasteiger partial charge in [0.25, 0.3) is 0 Å². The van der Waals surface area contributed by atoms with E-state index in [1.54, 1.807) is 0 Å². The molecule has 1 amide bonds. The summed E-state index contributed by atoms with van der Waals surface area (Å²) in [5.74, 6) is -0.115. The second-order valence-electron chi connectivity index (χ2n) is 8.67. The first-order valence-corrected chi connectivity index (χ1v) is 12.3. The van der Waals surface area contributed by atoms with Gasteiger partial charge in [-0.1, -0.05) is 74.9 Å². The molecule has 2 rings (SSSR count). The quantitative estimate of drug-likeness (QED) is 0.281. The average Bonchev–Trinajstić information content (AvgIpc) is 2.84. The van der Waals surface area contributed by atoms with Gasteiger partial charge in [0.1, 0.15) is 6.29 Å². The van der Waals surface area contributed by atoms with Gasteiger partial charge in [-0.15, -0.1) is 6.58 Å². The molecule has 0 radical (unpaired) electrons. The van der Waals surface area contributed by atoms with Crippen molar-refractivity contribution in [3.05, 3.63) is 83.4 Å². The first-order chi connectivity index (χ1) is 16.1. The molecule has 0 aromatic heterocycles. The van der Waals surface area contributed by atoms with Crippen molar-refractivity contribution < 1.29 is 9.59 Å². The van der Waals surface area contributed by atoms with Crippen LogP contribution in [0.2, 0.25) is 0 Å². The van der Waals surface area contributed by atoms with Crippen LogP contribution in [0.25, 0.3) is 0 Å². The lowest BCUT2D eigenvalue weighted by Crippen LogP contribution is -2.49. The molecule has 0 aliphatic heterocycles. The zero-order chi connectivity index (χ0) is 23.9. The van der Waals surface area contributed by atoms with Crippen LogP contribution in [0.3, 0.4) is 0 Å². The third-order valence-electron chi connectivity index (χ3n) is 5.94. The lowest BCUT2D eigenvalue weighted by molar-refractivity contribution is -0.125. The number of hydrogen-bond donors (Lipinski definition) is 2. The summed E-state index contributed by atoms with van der Waals surface area (Å²) in [6, 6.07) is 16.1.